The lowest BCUT2D eigenvalue weighted by Crippen LogP contribution is -2.00. The lowest BCUT2D eigenvalue weighted by atomic mass is 10.0. The third-order valence-corrected chi connectivity index (χ3v) is 3.78. The molecule has 1 rings (SSSR count). The Bertz CT molecular complexity index is 352. The molecule has 17 heavy (non-hydrogen) atoms. The second-order valence-electron chi connectivity index (χ2n) is 4.08. The Morgan fingerprint density at radius 1 is 1.24 bits per heavy atom. The van der Waals surface area contributed by atoms with Gasteiger partial charge < -0.3 is 10.5 Å². The third-order valence-electron chi connectivity index (χ3n) is 2.96. The Balaban J connectivity index is 2.93. The summed E-state index contributed by atoms with van der Waals surface area (Å²) in [5.41, 5.74) is 8.22. The molecule has 0 saturated heterocycles. The Morgan fingerprint density at radius 2 is 2.00 bits per heavy atom. The maximum absolute atomic E-state index is 5.54. The molecular formula is C14H23NOS. The molecule has 96 valence electrons. The molecule has 0 radical (unpaired) electrons. The Hall–Kier alpha value is -0.670. The van der Waals surface area contributed by atoms with E-state index in [0.29, 0.717) is 0 Å². The summed E-state index contributed by atoms with van der Waals surface area (Å²) >= 11 is 1.82. The van der Waals surface area contributed by atoms with Crippen LogP contribution < -0.4 is 10.5 Å². The van der Waals surface area contributed by atoms with Crippen molar-refractivity contribution in [1.82, 2.24) is 0 Å². The molecule has 0 aliphatic carbocycles. The number of ether oxygens (including phenoxy) is 1. The summed E-state index contributed by atoms with van der Waals surface area (Å²) in [7, 11) is 1.75. The predicted octanol–water partition coefficient (Wildman–Crippen LogP) is 3.26. The smallest absolute Gasteiger partial charge is 0.122 e. The second kappa shape index (κ2) is 7.62. The highest BCUT2D eigenvalue weighted by Gasteiger charge is 2.08. The Labute approximate surface area is 109 Å². The molecule has 1 aromatic carbocycles. The number of hydrogen-bond donors (Lipinski definition) is 1. The van der Waals surface area contributed by atoms with Gasteiger partial charge in [0.1, 0.15) is 5.75 Å². The minimum Gasteiger partial charge on any atom is -0.496 e. The molecule has 0 spiro atoms. The summed E-state index contributed by atoms with van der Waals surface area (Å²) in [6, 6.07) is 4.46. The largest absolute Gasteiger partial charge is 0.496 e. The molecule has 0 bridgehead atoms. The van der Waals surface area contributed by atoms with Crippen molar-refractivity contribution in [2.75, 3.05) is 19.9 Å². The summed E-state index contributed by atoms with van der Waals surface area (Å²) in [5, 5.41) is 0. The minimum absolute atomic E-state index is 0.777. The van der Waals surface area contributed by atoms with E-state index in [1.807, 2.05) is 11.8 Å². The average molecular weight is 253 g/mol. The van der Waals surface area contributed by atoms with E-state index in [1.165, 1.54) is 16.0 Å². The zero-order valence-electron chi connectivity index (χ0n) is 11.1. The van der Waals surface area contributed by atoms with Gasteiger partial charge in [0, 0.05) is 4.90 Å². The lowest BCUT2D eigenvalue weighted by Gasteiger charge is -2.13. The summed E-state index contributed by atoms with van der Waals surface area (Å²) in [6.07, 6.45) is 6.48. The topological polar surface area (TPSA) is 35.2 Å². The van der Waals surface area contributed by atoms with Crippen LogP contribution in [0, 0.1) is 0 Å². The summed E-state index contributed by atoms with van der Waals surface area (Å²) < 4.78 is 5.45. The molecule has 1 aromatic rings. The number of hydrogen-bond acceptors (Lipinski definition) is 3. The van der Waals surface area contributed by atoms with Gasteiger partial charge in [0.25, 0.3) is 0 Å². The van der Waals surface area contributed by atoms with E-state index in [-0.39, 0.29) is 0 Å². The fraction of sp³-hybridized carbons (Fsp3) is 0.571. The van der Waals surface area contributed by atoms with Gasteiger partial charge in [-0.2, -0.15) is 0 Å². The first-order valence-corrected chi connectivity index (χ1v) is 7.43. The highest BCUT2D eigenvalue weighted by molar-refractivity contribution is 7.98. The van der Waals surface area contributed by atoms with Gasteiger partial charge in [-0.25, -0.2) is 0 Å². The minimum atomic E-state index is 0.777. The van der Waals surface area contributed by atoms with E-state index in [1.54, 1.807) is 7.11 Å². The van der Waals surface area contributed by atoms with Crippen LogP contribution in [-0.2, 0) is 12.8 Å². The number of thioether (sulfide) groups is 1. The van der Waals surface area contributed by atoms with Crippen molar-refractivity contribution in [3.63, 3.8) is 0 Å². The standard InChI is InChI=1S/C14H23NOS/c1-4-11-10-14(17-3)12(7-5-6-8-15)9-13(11)16-2/h9-10H,4-8,15H2,1-3H3. The molecule has 0 saturated carbocycles. The maximum atomic E-state index is 5.54. The van der Waals surface area contributed by atoms with E-state index >= 15 is 0 Å². The summed E-state index contributed by atoms with van der Waals surface area (Å²) in [4.78, 5) is 1.37. The van der Waals surface area contributed by atoms with Crippen LogP contribution in [0.1, 0.15) is 30.9 Å². The average Bonchev–Trinajstić information content (AvgIpc) is 2.38. The van der Waals surface area contributed by atoms with Gasteiger partial charge in [-0.1, -0.05) is 6.92 Å². The van der Waals surface area contributed by atoms with Crippen LogP contribution >= 0.6 is 11.8 Å². The van der Waals surface area contributed by atoms with Gasteiger partial charge in [-0.3, -0.25) is 0 Å². The maximum Gasteiger partial charge on any atom is 0.122 e. The molecule has 0 aliphatic heterocycles. The SMILES string of the molecule is CCc1cc(SC)c(CCCCN)cc1OC. The van der Waals surface area contributed by atoms with Crippen molar-refractivity contribution in [3.8, 4) is 5.75 Å². The molecule has 3 heteroatoms. The zero-order chi connectivity index (χ0) is 12.7. The molecule has 0 aliphatic rings. The fourth-order valence-electron chi connectivity index (χ4n) is 1.96. The van der Waals surface area contributed by atoms with E-state index in [9.17, 15) is 0 Å². The summed E-state index contributed by atoms with van der Waals surface area (Å²) in [5.74, 6) is 1.02. The fourth-order valence-corrected chi connectivity index (χ4v) is 2.64. The first-order chi connectivity index (χ1) is 8.26. The Morgan fingerprint density at radius 3 is 2.53 bits per heavy atom. The van der Waals surface area contributed by atoms with Gasteiger partial charge in [-0.05, 0) is 61.7 Å². The molecule has 0 fully saturated rings. The zero-order valence-corrected chi connectivity index (χ0v) is 11.9. The van der Waals surface area contributed by atoms with Crippen molar-refractivity contribution >= 4 is 11.8 Å². The first-order valence-electron chi connectivity index (χ1n) is 6.20. The van der Waals surface area contributed by atoms with E-state index < -0.39 is 0 Å². The molecule has 0 unspecified atom stereocenters. The summed E-state index contributed by atoms with van der Waals surface area (Å²) in [6.45, 7) is 2.94. The third kappa shape index (κ3) is 3.93. The van der Waals surface area contributed by atoms with E-state index in [2.05, 4.69) is 25.3 Å². The van der Waals surface area contributed by atoms with Crippen LogP contribution in [0.25, 0.3) is 0 Å². The monoisotopic (exact) mass is 253 g/mol. The molecular weight excluding hydrogens is 230 g/mol. The van der Waals surface area contributed by atoms with Crippen LogP contribution in [-0.4, -0.2) is 19.9 Å². The van der Waals surface area contributed by atoms with Gasteiger partial charge in [0.05, 0.1) is 7.11 Å². The molecule has 0 heterocycles. The number of methoxy groups -OCH3 is 1. The quantitative estimate of drug-likeness (QED) is 0.598. The van der Waals surface area contributed by atoms with Crippen LogP contribution in [0.4, 0.5) is 0 Å². The van der Waals surface area contributed by atoms with Gasteiger partial charge in [0.15, 0.2) is 0 Å². The van der Waals surface area contributed by atoms with Crippen LogP contribution in [0.15, 0.2) is 17.0 Å². The molecule has 0 amide bonds. The van der Waals surface area contributed by atoms with Gasteiger partial charge >= 0.3 is 0 Å². The van der Waals surface area contributed by atoms with Gasteiger partial charge in [-0.15, -0.1) is 11.8 Å². The van der Waals surface area contributed by atoms with E-state index in [0.717, 1.165) is 38.0 Å². The first kappa shape index (κ1) is 14.4. The Kier molecular flexibility index (Phi) is 6.45. The predicted molar refractivity (Wildman–Crippen MR) is 76.1 cm³/mol. The lowest BCUT2D eigenvalue weighted by molar-refractivity contribution is 0.409. The van der Waals surface area contributed by atoms with Crippen LogP contribution in [0.2, 0.25) is 0 Å². The van der Waals surface area contributed by atoms with Crippen molar-refractivity contribution in [3.05, 3.63) is 23.3 Å². The highest BCUT2D eigenvalue weighted by Crippen LogP contribution is 2.30. The number of unbranched alkanes of at least 4 members (excludes halogenated alkanes) is 1. The van der Waals surface area contributed by atoms with Crippen molar-refractivity contribution in [2.24, 2.45) is 5.73 Å². The van der Waals surface area contributed by atoms with Crippen LogP contribution in [0.5, 0.6) is 5.75 Å². The van der Waals surface area contributed by atoms with Gasteiger partial charge in [0.2, 0.25) is 0 Å². The van der Waals surface area contributed by atoms with Crippen molar-refractivity contribution in [2.45, 2.75) is 37.5 Å². The number of benzene rings is 1. The molecule has 2 nitrogen and oxygen atoms in total. The van der Waals surface area contributed by atoms with Crippen molar-refractivity contribution < 1.29 is 4.74 Å². The van der Waals surface area contributed by atoms with Crippen LogP contribution in [0.3, 0.4) is 0 Å². The van der Waals surface area contributed by atoms with Crippen molar-refractivity contribution in [1.29, 1.82) is 0 Å². The normalized spacial score (nSPS) is 10.6. The second-order valence-corrected chi connectivity index (χ2v) is 4.92. The number of aryl methyl sites for hydroxylation is 2. The molecule has 0 aromatic heterocycles. The van der Waals surface area contributed by atoms with E-state index in [4.69, 9.17) is 10.5 Å². The number of rotatable bonds is 7. The number of nitrogens with two attached hydrogens (primary N) is 1. The molecule has 0 atom stereocenters. The molecule has 2 N–H and O–H groups in total. The highest BCUT2D eigenvalue weighted by atomic mass is 32.2.